The molecule has 0 saturated carbocycles. The van der Waals surface area contributed by atoms with E-state index in [9.17, 15) is 9.59 Å². The number of rotatable bonds is 2. The van der Waals surface area contributed by atoms with Gasteiger partial charge in [0.2, 0.25) is 5.91 Å². The highest BCUT2D eigenvalue weighted by Crippen LogP contribution is 2.39. The Labute approximate surface area is 76.6 Å². The summed E-state index contributed by atoms with van der Waals surface area (Å²) in [6.07, 6.45) is 0.802. The molecule has 2 rings (SSSR count). The second kappa shape index (κ2) is 2.47. The van der Waals surface area contributed by atoms with Crippen molar-refractivity contribution in [1.82, 2.24) is 5.32 Å². The molecule has 2 atom stereocenters. The predicted molar refractivity (Wildman–Crippen MR) is 44.8 cm³/mol. The Morgan fingerprint density at radius 3 is 2.77 bits per heavy atom. The Kier molecular flexibility index (Phi) is 1.62. The monoisotopic (exact) mass is 183 g/mol. The van der Waals surface area contributed by atoms with Crippen LogP contribution in [0.15, 0.2) is 0 Å². The Balaban J connectivity index is 2.18. The van der Waals surface area contributed by atoms with E-state index in [1.54, 1.807) is 0 Å². The number of fused-ring (bicyclic) bond motifs is 1. The molecule has 4 heteroatoms. The van der Waals surface area contributed by atoms with Crippen LogP contribution < -0.4 is 5.32 Å². The minimum absolute atomic E-state index is 0.0727. The maximum absolute atomic E-state index is 11.3. The summed E-state index contributed by atoms with van der Waals surface area (Å²) in [7, 11) is 0. The van der Waals surface area contributed by atoms with E-state index in [0.29, 0.717) is 18.8 Å². The van der Waals surface area contributed by atoms with E-state index in [1.165, 1.54) is 0 Å². The molecule has 1 unspecified atom stereocenters. The molecule has 2 aliphatic heterocycles. The van der Waals surface area contributed by atoms with Crippen molar-refractivity contribution in [3.63, 3.8) is 0 Å². The van der Waals surface area contributed by atoms with Crippen LogP contribution in [0.3, 0.4) is 0 Å². The highest BCUT2D eigenvalue weighted by Gasteiger charge is 2.63. The van der Waals surface area contributed by atoms with Crippen LogP contribution in [0.2, 0.25) is 0 Å². The molecule has 13 heavy (non-hydrogen) atoms. The van der Waals surface area contributed by atoms with Crippen LogP contribution in [0.4, 0.5) is 0 Å². The standard InChI is InChI=1S/C9H13NO3/c1-5(2)4-9-6(13-8(9)12)3-7(11)10-9/h5-6H,3-4H2,1-2H3,(H,10,11)/t6-,9?/m0/s1. The fourth-order valence-corrected chi connectivity index (χ4v) is 2.13. The van der Waals surface area contributed by atoms with Crippen molar-refractivity contribution >= 4 is 11.9 Å². The first-order valence-electron chi connectivity index (χ1n) is 4.57. The van der Waals surface area contributed by atoms with Crippen LogP contribution in [-0.2, 0) is 14.3 Å². The topological polar surface area (TPSA) is 55.4 Å². The van der Waals surface area contributed by atoms with Crippen molar-refractivity contribution in [2.75, 3.05) is 0 Å². The zero-order chi connectivity index (χ0) is 9.64. The number of hydrogen-bond donors (Lipinski definition) is 1. The Bertz CT molecular complexity index is 274. The van der Waals surface area contributed by atoms with Crippen molar-refractivity contribution in [3.05, 3.63) is 0 Å². The summed E-state index contributed by atoms with van der Waals surface area (Å²) in [4.78, 5) is 22.4. The van der Waals surface area contributed by atoms with Gasteiger partial charge in [-0.2, -0.15) is 0 Å². The number of amides is 1. The van der Waals surface area contributed by atoms with Gasteiger partial charge < -0.3 is 10.1 Å². The highest BCUT2D eigenvalue weighted by atomic mass is 16.6. The molecule has 0 aromatic rings. The first-order valence-corrected chi connectivity index (χ1v) is 4.57. The Morgan fingerprint density at radius 2 is 2.31 bits per heavy atom. The second-order valence-electron chi connectivity index (χ2n) is 4.22. The molecular weight excluding hydrogens is 170 g/mol. The van der Waals surface area contributed by atoms with Crippen LogP contribution in [0.1, 0.15) is 26.7 Å². The van der Waals surface area contributed by atoms with Crippen molar-refractivity contribution in [1.29, 1.82) is 0 Å². The van der Waals surface area contributed by atoms with Gasteiger partial charge in [-0.15, -0.1) is 0 Å². The molecule has 2 heterocycles. The van der Waals surface area contributed by atoms with Crippen LogP contribution >= 0.6 is 0 Å². The summed E-state index contributed by atoms with van der Waals surface area (Å²) in [5.74, 6) is 0.0438. The second-order valence-corrected chi connectivity index (χ2v) is 4.22. The third-order valence-corrected chi connectivity index (χ3v) is 2.63. The number of ether oxygens (including phenoxy) is 1. The van der Waals surface area contributed by atoms with Gasteiger partial charge in [0.25, 0.3) is 0 Å². The van der Waals surface area contributed by atoms with Gasteiger partial charge in [-0.05, 0) is 12.3 Å². The number of carbonyl (C=O) groups is 2. The van der Waals surface area contributed by atoms with Gasteiger partial charge in [-0.3, -0.25) is 4.79 Å². The summed E-state index contributed by atoms with van der Waals surface area (Å²) in [6, 6.07) is 0. The summed E-state index contributed by atoms with van der Waals surface area (Å²) >= 11 is 0. The summed E-state index contributed by atoms with van der Waals surface area (Å²) in [5, 5.41) is 2.73. The lowest BCUT2D eigenvalue weighted by atomic mass is 9.81. The smallest absolute Gasteiger partial charge is 0.336 e. The van der Waals surface area contributed by atoms with Crippen molar-refractivity contribution in [2.45, 2.75) is 38.3 Å². The minimum atomic E-state index is -0.675. The number of carbonyl (C=O) groups excluding carboxylic acids is 2. The largest absolute Gasteiger partial charge is 0.457 e. The molecule has 0 spiro atoms. The van der Waals surface area contributed by atoms with Gasteiger partial charge in [-0.1, -0.05) is 13.8 Å². The summed E-state index contributed by atoms with van der Waals surface area (Å²) in [6.45, 7) is 4.06. The summed E-state index contributed by atoms with van der Waals surface area (Å²) in [5.41, 5.74) is -0.675. The molecule has 0 aliphatic carbocycles. The third kappa shape index (κ3) is 1.04. The van der Waals surface area contributed by atoms with Crippen molar-refractivity contribution in [2.24, 2.45) is 5.92 Å². The van der Waals surface area contributed by atoms with E-state index in [4.69, 9.17) is 4.74 Å². The molecule has 2 saturated heterocycles. The van der Waals surface area contributed by atoms with Gasteiger partial charge in [-0.25, -0.2) is 4.79 Å². The van der Waals surface area contributed by atoms with E-state index in [0.717, 1.165) is 0 Å². The average molecular weight is 183 g/mol. The van der Waals surface area contributed by atoms with E-state index < -0.39 is 5.54 Å². The van der Waals surface area contributed by atoms with Crippen molar-refractivity contribution < 1.29 is 14.3 Å². The van der Waals surface area contributed by atoms with Crippen LogP contribution in [0.5, 0.6) is 0 Å². The molecule has 1 N–H and O–H groups in total. The molecule has 1 amide bonds. The normalized spacial score (nSPS) is 36.7. The lowest BCUT2D eigenvalue weighted by Gasteiger charge is -2.42. The van der Waals surface area contributed by atoms with E-state index in [1.807, 2.05) is 13.8 Å². The first-order chi connectivity index (χ1) is 6.04. The van der Waals surface area contributed by atoms with Crippen molar-refractivity contribution in [3.8, 4) is 0 Å². The minimum Gasteiger partial charge on any atom is -0.457 e. The van der Waals surface area contributed by atoms with E-state index in [2.05, 4.69) is 5.32 Å². The molecule has 0 aromatic heterocycles. The average Bonchev–Trinajstić information content (AvgIpc) is 2.24. The van der Waals surface area contributed by atoms with E-state index in [-0.39, 0.29) is 18.0 Å². The lowest BCUT2D eigenvalue weighted by Crippen LogP contribution is -2.66. The Morgan fingerprint density at radius 1 is 1.62 bits per heavy atom. The van der Waals surface area contributed by atoms with Crippen LogP contribution in [0.25, 0.3) is 0 Å². The van der Waals surface area contributed by atoms with Gasteiger partial charge >= 0.3 is 5.97 Å². The SMILES string of the molecule is CC(C)CC12NC(=O)C[C@@H]1OC2=O. The molecule has 72 valence electrons. The molecule has 0 radical (unpaired) electrons. The van der Waals surface area contributed by atoms with Crippen LogP contribution in [0, 0.1) is 5.92 Å². The van der Waals surface area contributed by atoms with Gasteiger partial charge in [0.05, 0.1) is 6.42 Å². The molecule has 0 bridgehead atoms. The number of hydrogen-bond acceptors (Lipinski definition) is 3. The fourth-order valence-electron chi connectivity index (χ4n) is 2.13. The zero-order valence-corrected chi connectivity index (χ0v) is 7.79. The van der Waals surface area contributed by atoms with Gasteiger partial charge in [0.1, 0.15) is 6.10 Å². The maximum Gasteiger partial charge on any atom is 0.336 e. The third-order valence-electron chi connectivity index (χ3n) is 2.63. The predicted octanol–water partition coefficient (Wildman–Crippen LogP) is 0.217. The Hall–Kier alpha value is -1.06. The molecule has 2 aliphatic rings. The van der Waals surface area contributed by atoms with E-state index >= 15 is 0 Å². The van der Waals surface area contributed by atoms with Gasteiger partial charge in [0, 0.05) is 0 Å². The molecule has 0 aromatic carbocycles. The van der Waals surface area contributed by atoms with Gasteiger partial charge in [0.15, 0.2) is 5.54 Å². The number of esters is 1. The zero-order valence-electron chi connectivity index (χ0n) is 7.79. The lowest BCUT2D eigenvalue weighted by molar-refractivity contribution is -0.189. The quantitative estimate of drug-likeness (QED) is 0.623. The molecule has 4 nitrogen and oxygen atoms in total. The summed E-state index contributed by atoms with van der Waals surface area (Å²) < 4.78 is 4.92. The number of nitrogens with one attached hydrogen (secondary N) is 1. The maximum atomic E-state index is 11.3. The first kappa shape index (κ1) is 8.53. The fraction of sp³-hybridized carbons (Fsp3) is 0.778. The highest BCUT2D eigenvalue weighted by molar-refractivity contribution is 5.98. The van der Waals surface area contributed by atoms with Crippen LogP contribution in [-0.4, -0.2) is 23.5 Å². The molecular formula is C9H13NO3. The molecule has 2 fully saturated rings.